The molecule has 0 fully saturated rings. The Balaban J connectivity index is 1.48. The molecule has 4 rings (SSSR count). The molecule has 124 valence electrons. The van der Waals surface area contributed by atoms with Crippen molar-refractivity contribution in [2.24, 2.45) is 5.92 Å². The summed E-state index contributed by atoms with van der Waals surface area (Å²) in [5.41, 5.74) is 3.14. The number of amides is 1. The molecule has 0 radical (unpaired) electrons. The summed E-state index contributed by atoms with van der Waals surface area (Å²) in [6.45, 7) is 0.767. The minimum atomic E-state index is -0.108. The predicted octanol–water partition coefficient (Wildman–Crippen LogP) is 2.82. The molecule has 2 aromatic carbocycles. The Morgan fingerprint density at radius 1 is 1.17 bits per heavy atom. The standard InChI is InChI=1S/C19H19NO4/c1-22-15-4-3-14-7-13(10-23-18(14)9-15)6-12-2-5-17-16(8-12)20-19(21)11-24-17/h2-5,8-9,13H,6-7,10-11H2,1H3,(H,20,21). The second-order valence-electron chi connectivity index (χ2n) is 6.23. The number of nitrogens with one attached hydrogen (secondary N) is 1. The van der Waals surface area contributed by atoms with Gasteiger partial charge >= 0.3 is 0 Å². The quantitative estimate of drug-likeness (QED) is 0.943. The summed E-state index contributed by atoms with van der Waals surface area (Å²) in [7, 11) is 1.66. The van der Waals surface area contributed by atoms with E-state index in [1.165, 1.54) is 11.1 Å². The maximum Gasteiger partial charge on any atom is 0.262 e. The van der Waals surface area contributed by atoms with Gasteiger partial charge in [-0.3, -0.25) is 4.79 Å². The van der Waals surface area contributed by atoms with Gasteiger partial charge in [0.15, 0.2) is 6.61 Å². The van der Waals surface area contributed by atoms with Crippen LogP contribution in [0.1, 0.15) is 11.1 Å². The van der Waals surface area contributed by atoms with Crippen molar-refractivity contribution in [1.82, 2.24) is 0 Å². The van der Waals surface area contributed by atoms with E-state index in [1.807, 2.05) is 24.3 Å². The summed E-state index contributed by atoms with van der Waals surface area (Å²) >= 11 is 0. The lowest BCUT2D eigenvalue weighted by Gasteiger charge is -2.26. The summed E-state index contributed by atoms with van der Waals surface area (Å²) in [5.74, 6) is 2.76. The van der Waals surface area contributed by atoms with Crippen molar-refractivity contribution in [2.75, 3.05) is 25.6 Å². The molecule has 0 spiro atoms. The first-order valence-electron chi connectivity index (χ1n) is 8.06. The summed E-state index contributed by atoms with van der Waals surface area (Å²) < 4.78 is 16.5. The number of benzene rings is 2. The molecule has 0 saturated carbocycles. The van der Waals surface area contributed by atoms with Gasteiger partial charge < -0.3 is 19.5 Å². The zero-order valence-electron chi connectivity index (χ0n) is 13.5. The molecule has 0 aliphatic carbocycles. The van der Waals surface area contributed by atoms with Crippen LogP contribution in [0, 0.1) is 5.92 Å². The van der Waals surface area contributed by atoms with Gasteiger partial charge in [-0.25, -0.2) is 0 Å². The molecular formula is C19H19NO4. The van der Waals surface area contributed by atoms with E-state index in [0.29, 0.717) is 12.5 Å². The number of anilines is 1. The van der Waals surface area contributed by atoms with Crippen LogP contribution in [0.4, 0.5) is 5.69 Å². The predicted molar refractivity (Wildman–Crippen MR) is 90.0 cm³/mol. The minimum absolute atomic E-state index is 0.0864. The third-order valence-corrected chi connectivity index (χ3v) is 4.46. The van der Waals surface area contributed by atoms with Gasteiger partial charge in [0.1, 0.15) is 17.2 Å². The molecule has 0 saturated heterocycles. The molecular weight excluding hydrogens is 306 g/mol. The highest BCUT2D eigenvalue weighted by Gasteiger charge is 2.22. The van der Waals surface area contributed by atoms with Gasteiger partial charge in [-0.05, 0) is 42.2 Å². The number of hydrogen-bond acceptors (Lipinski definition) is 4. The fourth-order valence-electron chi connectivity index (χ4n) is 3.26. The highest BCUT2D eigenvalue weighted by Crippen LogP contribution is 2.34. The number of rotatable bonds is 3. The third kappa shape index (κ3) is 2.89. The van der Waals surface area contributed by atoms with Gasteiger partial charge in [-0.1, -0.05) is 12.1 Å². The highest BCUT2D eigenvalue weighted by atomic mass is 16.5. The molecule has 1 amide bonds. The van der Waals surface area contributed by atoms with Gasteiger partial charge in [0.25, 0.3) is 5.91 Å². The van der Waals surface area contributed by atoms with Crippen LogP contribution in [-0.2, 0) is 17.6 Å². The Kier molecular flexibility index (Phi) is 3.76. The molecule has 2 aliphatic heterocycles. The minimum Gasteiger partial charge on any atom is -0.497 e. The molecule has 24 heavy (non-hydrogen) atoms. The van der Waals surface area contributed by atoms with Crippen LogP contribution in [0.2, 0.25) is 0 Å². The average molecular weight is 325 g/mol. The second-order valence-corrected chi connectivity index (χ2v) is 6.23. The lowest BCUT2D eigenvalue weighted by molar-refractivity contribution is -0.118. The molecule has 1 atom stereocenters. The van der Waals surface area contributed by atoms with E-state index >= 15 is 0 Å². The molecule has 2 aliphatic rings. The van der Waals surface area contributed by atoms with Crippen LogP contribution in [-0.4, -0.2) is 26.2 Å². The van der Waals surface area contributed by atoms with Gasteiger partial charge in [-0.2, -0.15) is 0 Å². The van der Waals surface area contributed by atoms with Crippen LogP contribution in [0.15, 0.2) is 36.4 Å². The van der Waals surface area contributed by atoms with E-state index in [2.05, 4.69) is 17.4 Å². The van der Waals surface area contributed by atoms with E-state index in [0.717, 1.165) is 35.8 Å². The maximum absolute atomic E-state index is 11.5. The second kappa shape index (κ2) is 6.07. The van der Waals surface area contributed by atoms with Crippen molar-refractivity contribution >= 4 is 11.6 Å². The summed E-state index contributed by atoms with van der Waals surface area (Å²) in [5, 5.41) is 2.86. The van der Waals surface area contributed by atoms with Crippen LogP contribution in [0.3, 0.4) is 0 Å². The Bertz CT molecular complexity index is 787. The first kappa shape index (κ1) is 14.9. The molecule has 2 heterocycles. The Morgan fingerprint density at radius 3 is 2.96 bits per heavy atom. The van der Waals surface area contributed by atoms with Crippen LogP contribution >= 0.6 is 0 Å². The van der Waals surface area contributed by atoms with E-state index < -0.39 is 0 Å². The monoisotopic (exact) mass is 325 g/mol. The number of carbonyl (C=O) groups excluding carboxylic acids is 1. The fourth-order valence-corrected chi connectivity index (χ4v) is 3.26. The van der Waals surface area contributed by atoms with E-state index in [1.54, 1.807) is 7.11 Å². The molecule has 1 N–H and O–H groups in total. The topological polar surface area (TPSA) is 56.8 Å². The van der Waals surface area contributed by atoms with Crippen LogP contribution in [0.25, 0.3) is 0 Å². The van der Waals surface area contributed by atoms with Crippen LogP contribution in [0.5, 0.6) is 17.2 Å². The molecule has 5 heteroatoms. The molecule has 0 bridgehead atoms. The normalized spacial score (nSPS) is 18.5. The molecule has 2 aromatic rings. The van der Waals surface area contributed by atoms with Crippen molar-refractivity contribution in [2.45, 2.75) is 12.8 Å². The SMILES string of the molecule is COc1ccc2c(c1)OCC(Cc1ccc3c(c1)NC(=O)CO3)C2. The third-order valence-electron chi connectivity index (χ3n) is 4.46. The van der Waals surface area contributed by atoms with E-state index in [9.17, 15) is 4.79 Å². The molecule has 0 aromatic heterocycles. The number of hydrogen-bond donors (Lipinski definition) is 1. The van der Waals surface area contributed by atoms with Gasteiger partial charge in [0.05, 0.1) is 19.4 Å². The molecule has 1 unspecified atom stereocenters. The lowest BCUT2D eigenvalue weighted by atomic mass is 9.90. The Labute approximate surface area is 140 Å². The summed E-state index contributed by atoms with van der Waals surface area (Å²) in [6.07, 6.45) is 1.87. The fraction of sp³-hybridized carbons (Fsp3) is 0.316. The van der Waals surface area contributed by atoms with Gasteiger partial charge in [0.2, 0.25) is 0 Å². The molecule has 5 nitrogen and oxygen atoms in total. The number of carbonyl (C=O) groups is 1. The number of fused-ring (bicyclic) bond motifs is 2. The average Bonchev–Trinajstić information content (AvgIpc) is 2.61. The first-order valence-corrected chi connectivity index (χ1v) is 8.06. The number of methoxy groups -OCH3 is 1. The maximum atomic E-state index is 11.5. The van der Waals surface area contributed by atoms with Gasteiger partial charge in [0, 0.05) is 12.0 Å². The largest absolute Gasteiger partial charge is 0.497 e. The lowest BCUT2D eigenvalue weighted by Crippen LogP contribution is -2.26. The zero-order valence-corrected chi connectivity index (χ0v) is 13.5. The van der Waals surface area contributed by atoms with Crippen LogP contribution < -0.4 is 19.5 Å². The first-order chi connectivity index (χ1) is 11.7. The Hall–Kier alpha value is -2.69. The van der Waals surface area contributed by atoms with Crippen molar-refractivity contribution in [1.29, 1.82) is 0 Å². The smallest absolute Gasteiger partial charge is 0.262 e. The highest BCUT2D eigenvalue weighted by molar-refractivity contribution is 5.95. The van der Waals surface area contributed by atoms with Crippen molar-refractivity contribution in [3.05, 3.63) is 47.5 Å². The van der Waals surface area contributed by atoms with Crippen molar-refractivity contribution in [3.8, 4) is 17.2 Å². The van der Waals surface area contributed by atoms with Crippen molar-refractivity contribution < 1.29 is 19.0 Å². The zero-order chi connectivity index (χ0) is 16.5. The Morgan fingerprint density at radius 2 is 2.08 bits per heavy atom. The van der Waals surface area contributed by atoms with Crippen molar-refractivity contribution in [3.63, 3.8) is 0 Å². The van der Waals surface area contributed by atoms with E-state index in [4.69, 9.17) is 14.2 Å². The van der Waals surface area contributed by atoms with E-state index in [-0.39, 0.29) is 12.5 Å². The summed E-state index contributed by atoms with van der Waals surface area (Å²) in [4.78, 5) is 11.5. The van der Waals surface area contributed by atoms with Gasteiger partial charge in [-0.15, -0.1) is 0 Å². The number of ether oxygens (including phenoxy) is 3. The summed E-state index contributed by atoms with van der Waals surface area (Å²) in [6, 6.07) is 12.0.